The minimum atomic E-state index is -0.838. The minimum Gasteiger partial charge on any atom is -0.445 e. The van der Waals surface area contributed by atoms with E-state index >= 15 is 0 Å². The second-order valence-corrected chi connectivity index (χ2v) is 7.68. The molecule has 3 N–H and O–H groups in total. The summed E-state index contributed by atoms with van der Waals surface area (Å²) in [7, 11) is 0. The maximum absolute atomic E-state index is 12.8. The highest BCUT2D eigenvalue weighted by atomic mass is 16.6. The standard InChI is InChI=1S/C23H28N2O5/c1-16-6-5-9-18(10-16)11-19(14-26)24-22(28)21-12-20(27)13-25(21)23(29)30-15-17-7-3-2-4-8-17/h2-10,19-21,26-27H,11-15H2,1H3,(H,24,28)/t19?,20-,21+/m1/s1. The van der Waals surface area contributed by atoms with Crippen LogP contribution in [0.15, 0.2) is 54.6 Å². The normalized spacial score (nSPS) is 19.4. The van der Waals surface area contributed by atoms with Crippen molar-refractivity contribution in [2.75, 3.05) is 13.2 Å². The summed E-state index contributed by atoms with van der Waals surface area (Å²) in [6.45, 7) is 1.88. The molecule has 7 heteroatoms. The first-order valence-electron chi connectivity index (χ1n) is 10.1. The van der Waals surface area contributed by atoms with Crippen LogP contribution in [0.1, 0.15) is 23.1 Å². The van der Waals surface area contributed by atoms with Crippen LogP contribution >= 0.6 is 0 Å². The number of nitrogens with zero attached hydrogens (tertiary/aromatic N) is 1. The molecule has 0 bridgehead atoms. The van der Waals surface area contributed by atoms with Crippen LogP contribution in [0.4, 0.5) is 4.79 Å². The van der Waals surface area contributed by atoms with Crippen molar-refractivity contribution in [2.45, 2.75) is 44.6 Å². The zero-order valence-corrected chi connectivity index (χ0v) is 17.0. The molecule has 0 radical (unpaired) electrons. The number of aliphatic hydroxyl groups is 2. The van der Waals surface area contributed by atoms with Crippen LogP contribution in [-0.2, 0) is 22.6 Å². The highest BCUT2D eigenvalue weighted by Gasteiger charge is 2.40. The molecule has 0 aliphatic carbocycles. The molecule has 3 rings (SSSR count). The summed E-state index contributed by atoms with van der Waals surface area (Å²) >= 11 is 0. The van der Waals surface area contributed by atoms with Gasteiger partial charge in [-0.05, 0) is 24.5 Å². The molecule has 3 atom stereocenters. The topological polar surface area (TPSA) is 99.1 Å². The second-order valence-electron chi connectivity index (χ2n) is 7.68. The van der Waals surface area contributed by atoms with Gasteiger partial charge in [0.1, 0.15) is 12.6 Å². The predicted molar refractivity (Wildman–Crippen MR) is 112 cm³/mol. The van der Waals surface area contributed by atoms with Crippen LogP contribution < -0.4 is 5.32 Å². The third kappa shape index (κ3) is 5.81. The Hall–Kier alpha value is -2.90. The lowest BCUT2D eigenvalue weighted by Gasteiger charge is -2.25. The number of nitrogens with one attached hydrogen (secondary N) is 1. The van der Waals surface area contributed by atoms with Gasteiger partial charge in [-0.1, -0.05) is 60.2 Å². The van der Waals surface area contributed by atoms with Gasteiger partial charge in [-0.15, -0.1) is 0 Å². The van der Waals surface area contributed by atoms with Crippen molar-refractivity contribution < 1.29 is 24.5 Å². The smallest absolute Gasteiger partial charge is 0.410 e. The molecule has 0 aromatic heterocycles. The molecule has 0 spiro atoms. The number of hydrogen-bond acceptors (Lipinski definition) is 5. The van der Waals surface area contributed by atoms with Gasteiger partial charge < -0.3 is 20.3 Å². The van der Waals surface area contributed by atoms with Gasteiger partial charge in [0, 0.05) is 6.42 Å². The van der Waals surface area contributed by atoms with Gasteiger partial charge in [-0.2, -0.15) is 0 Å². The molecule has 7 nitrogen and oxygen atoms in total. The Balaban J connectivity index is 1.60. The summed E-state index contributed by atoms with van der Waals surface area (Å²) < 4.78 is 5.33. The van der Waals surface area contributed by atoms with Crippen LogP contribution in [0.25, 0.3) is 0 Å². The van der Waals surface area contributed by atoms with E-state index in [1.54, 1.807) is 0 Å². The summed E-state index contributed by atoms with van der Waals surface area (Å²) in [5, 5.41) is 22.6. The van der Waals surface area contributed by atoms with Gasteiger partial charge in [-0.3, -0.25) is 9.69 Å². The molecule has 30 heavy (non-hydrogen) atoms. The van der Waals surface area contributed by atoms with Crippen molar-refractivity contribution >= 4 is 12.0 Å². The van der Waals surface area contributed by atoms with Crippen LogP contribution in [-0.4, -0.2) is 58.5 Å². The first-order valence-corrected chi connectivity index (χ1v) is 10.1. The van der Waals surface area contributed by atoms with Gasteiger partial charge in [0.05, 0.1) is 25.3 Å². The van der Waals surface area contributed by atoms with Crippen molar-refractivity contribution in [3.63, 3.8) is 0 Å². The number of ether oxygens (including phenoxy) is 1. The van der Waals surface area contributed by atoms with Gasteiger partial charge in [0.2, 0.25) is 5.91 Å². The maximum Gasteiger partial charge on any atom is 0.410 e. The lowest BCUT2D eigenvalue weighted by Crippen LogP contribution is -2.50. The van der Waals surface area contributed by atoms with Crippen LogP contribution in [0.5, 0.6) is 0 Å². The third-order valence-corrected chi connectivity index (χ3v) is 5.15. The Morgan fingerprint density at radius 1 is 1.17 bits per heavy atom. The monoisotopic (exact) mass is 412 g/mol. The molecule has 1 saturated heterocycles. The Kier molecular flexibility index (Phi) is 7.43. The van der Waals surface area contributed by atoms with Crippen LogP contribution in [0, 0.1) is 6.92 Å². The van der Waals surface area contributed by atoms with Gasteiger partial charge in [0.15, 0.2) is 0 Å². The fraction of sp³-hybridized carbons (Fsp3) is 0.391. The summed E-state index contributed by atoms with van der Waals surface area (Å²) in [4.78, 5) is 26.6. The number of amides is 2. The Morgan fingerprint density at radius 3 is 2.60 bits per heavy atom. The molecular weight excluding hydrogens is 384 g/mol. The highest BCUT2D eigenvalue weighted by molar-refractivity contribution is 5.86. The van der Waals surface area contributed by atoms with E-state index in [2.05, 4.69) is 5.32 Å². The van der Waals surface area contributed by atoms with Crippen molar-refractivity contribution in [3.8, 4) is 0 Å². The van der Waals surface area contributed by atoms with E-state index in [0.29, 0.717) is 6.42 Å². The van der Waals surface area contributed by atoms with Crippen molar-refractivity contribution in [1.82, 2.24) is 10.2 Å². The first kappa shape index (κ1) is 21.8. The molecule has 2 aromatic carbocycles. The zero-order chi connectivity index (χ0) is 21.5. The van der Waals surface area contributed by atoms with E-state index in [4.69, 9.17) is 4.74 Å². The number of aliphatic hydroxyl groups excluding tert-OH is 2. The third-order valence-electron chi connectivity index (χ3n) is 5.15. The largest absolute Gasteiger partial charge is 0.445 e. The van der Waals surface area contributed by atoms with Crippen LogP contribution in [0.2, 0.25) is 0 Å². The second kappa shape index (κ2) is 10.2. The van der Waals surface area contributed by atoms with E-state index in [9.17, 15) is 19.8 Å². The fourth-order valence-electron chi connectivity index (χ4n) is 3.65. The SMILES string of the molecule is Cc1cccc(CC(CO)NC(=O)[C@@H]2C[C@@H](O)CN2C(=O)OCc2ccccc2)c1. The quantitative estimate of drug-likeness (QED) is 0.644. The van der Waals surface area contributed by atoms with Gasteiger partial charge >= 0.3 is 6.09 Å². The lowest BCUT2D eigenvalue weighted by molar-refractivity contribution is -0.126. The minimum absolute atomic E-state index is 0.0351. The van der Waals surface area contributed by atoms with Gasteiger partial charge in [-0.25, -0.2) is 4.79 Å². The number of rotatable bonds is 7. The molecule has 1 heterocycles. The van der Waals surface area contributed by atoms with E-state index in [-0.39, 0.29) is 26.2 Å². The highest BCUT2D eigenvalue weighted by Crippen LogP contribution is 2.20. The molecule has 1 unspecified atom stereocenters. The van der Waals surface area contributed by atoms with Crippen molar-refractivity contribution in [1.29, 1.82) is 0 Å². The van der Waals surface area contributed by atoms with E-state index in [1.807, 2.05) is 61.5 Å². The number of carbonyl (C=O) groups excluding carboxylic acids is 2. The Labute approximate surface area is 176 Å². The molecular formula is C23H28N2O5. The van der Waals surface area contributed by atoms with Crippen molar-refractivity contribution in [2.24, 2.45) is 0 Å². The number of hydrogen-bond donors (Lipinski definition) is 3. The van der Waals surface area contributed by atoms with E-state index < -0.39 is 30.2 Å². The molecule has 1 aliphatic heterocycles. The first-order chi connectivity index (χ1) is 14.5. The average Bonchev–Trinajstić information content (AvgIpc) is 3.14. The number of β-amino-alcohol motifs (C(OH)–C–C–N with tert-alkyl or cyclic N) is 1. The summed E-state index contributed by atoms with van der Waals surface area (Å²) in [5.41, 5.74) is 2.94. The number of carbonyl (C=O) groups is 2. The Morgan fingerprint density at radius 2 is 1.90 bits per heavy atom. The predicted octanol–water partition coefficient (Wildman–Crippen LogP) is 1.79. The summed E-state index contributed by atoms with van der Waals surface area (Å²) in [5.74, 6) is -0.407. The molecule has 2 aromatic rings. The number of benzene rings is 2. The summed E-state index contributed by atoms with van der Waals surface area (Å²) in [6, 6.07) is 15.8. The van der Waals surface area contributed by atoms with Gasteiger partial charge in [0.25, 0.3) is 0 Å². The number of aryl methyl sites for hydroxylation is 1. The lowest BCUT2D eigenvalue weighted by atomic mass is 10.0. The van der Waals surface area contributed by atoms with Crippen molar-refractivity contribution in [3.05, 3.63) is 71.3 Å². The average molecular weight is 412 g/mol. The summed E-state index contributed by atoms with van der Waals surface area (Å²) in [6.07, 6.45) is -0.837. The van der Waals surface area contributed by atoms with E-state index in [0.717, 1.165) is 16.7 Å². The molecule has 2 amide bonds. The van der Waals surface area contributed by atoms with Crippen LogP contribution in [0.3, 0.4) is 0 Å². The molecule has 0 saturated carbocycles. The zero-order valence-electron chi connectivity index (χ0n) is 17.0. The number of likely N-dealkylation sites (tertiary alicyclic amines) is 1. The Bertz CT molecular complexity index is 858. The molecule has 160 valence electrons. The molecule has 1 fully saturated rings. The molecule has 1 aliphatic rings. The van der Waals surface area contributed by atoms with E-state index in [1.165, 1.54) is 4.90 Å². The fourth-order valence-corrected chi connectivity index (χ4v) is 3.65. The maximum atomic E-state index is 12.8.